The van der Waals surface area contributed by atoms with Gasteiger partial charge in [-0.25, -0.2) is 12.8 Å². The van der Waals surface area contributed by atoms with Crippen LogP contribution in [0.25, 0.3) is 0 Å². The summed E-state index contributed by atoms with van der Waals surface area (Å²) in [7, 11) is -2.26. The number of nitrogens with one attached hydrogen (secondary N) is 1. The third-order valence-corrected chi connectivity index (χ3v) is 4.47. The van der Waals surface area contributed by atoms with Gasteiger partial charge in [0.05, 0.1) is 17.2 Å². The molecule has 7 heteroatoms. The molecule has 2 aromatic carbocycles. The number of anilines is 1. The molecule has 0 heterocycles. The first-order chi connectivity index (χ1) is 10.9. The Hall–Kier alpha value is -2.12. The van der Waals surface area contributed by atoms with Gasteiger partial charge in [-0.15, -0.1) is 0 Å². The van der Waals surface area contributed by atoms with E-state index >= 15 is 0 Å². The first-order valence-corrected chi connectivity index (χ1v) is 8.41. The van der Waals surface area contributed by atoms with E-state index in [2.05, 4.69) is 4.72 Å². The molecule has 0 bridgehead atoms. The lowest BCUT2D eigenvalue weighted by atomic mass is 10.2. The van der Waals surface area contributed by atoms with Crippen LogP contribution in [0.4, 0.5) is 10.1 Å². The van der Waals surface area contributed by atoms with E-state index in [1.54, 1.807) is 32.2 Å². The van der Waals surface area contributed by atoms with E-state index in [1.807, 2.05) is 0 Å². The number of sulfonamides is 1. The van der Waals surface area contributed by atoms with E-state index in [9.17, 15) is 12.8 Å². The van der Waals surface area contributed by atoms with Crippen molar-refractivity contribution in [1.82, 2.24) is 0 Å². The fourth-order valence-electron chi connectivity index (χ4n) is 1.92. The summed E-state index contributed by atoms with van der Waals surface area (Å²) in [5.41, 5.74) is 1.10. The Morgan fingerprint density at radius 2 is 1.91 bits per heavy atom. The molecule has 0 unspecified atom stereocenters. The van der Waals surface area contributed by atoms with Crippen molar-refractivity contribution in [2.24, 2.45) is 0 Å². The molecule has 0 aliphatic rings. The Bertz CT molecular complexity index is 777. The third-order valence-electron chi connectivity index (χ3n) is 3.10. The molecule has 2 rings (SSSR count). The van der Waals surface area contributed by atoms with Crippen LogP contribution in [-0.2, 0) is 14.8 Å². The Morgan fingerprint density at radius 3 is 2.57 bits per heavy atom. The molecule has 0 fully saturated rings. The quantitative estimate of drug-likeness (QED) is 0.788. The highest BCUT2D eigenvalue weighted by molar-refractivity contribution is 7.92. The molecule has 0 saturated carbocycles. The van der Waals surface area contributed by atoms with E-state index in [-0.39, 0.29) is 4.90 Å². The molecule has 0 aliphatic carbocycles. The minimum Gasteiger partial charge on any atom is -0.491 e. The van der Waals surface area contributed by atoms with Crippen molar-refractivity contribution in [3.8, 4) is 5.75 Å². The molecule has 1 N–H and O–H groups in total. The number of hydrogen-bond donors (Lipinski definition) is 1. The van der Waals surface area contributed by atoms with Gasteiger partial charge in [0.1, 0.15) is 18.2 Å². The summed E-state index contributed by atoms with van der Waals surface area (Å²) < 4.78 is 50.6. The lowest BCUT2D eigenvalue weighted by Gasteiger charge is -2.12. The maximum Gasteiger partial charge on any atom is 0.262 e. The van der Waals surface area contributed by atoms with Crippen LogP contribution in [0.2, 0.25) is 0 Å². The van der Waals surface area contributed by atoms with Gasteiger partial charge in [-0.1, -0.05) is 6.07 Å². The number of benzene rings is 2. The van der Waals surface area contributed by atoms with Crippen LogP contribution in [0.3, 0.4) is 0 Å². The molecule has 0 aromatic heterocycles. The molecule has 0 saturated heterocycles. The molecular formula is C16H18FNO4S. The van der Waals surface area contributed by atoms with E-state index in [1.165, 1.54) is 18.2 Å². The summed E-state index contributed by atoms with van der Waals surface area (Å²) in [5, 5.41) is 0. The smallest absolute Gasteiger partial charge is 0.262 e. The Kier molecular flexibility index (Phi) is 5.57. The normalized spacial score (nSPS) is 11.3. The summed E-state index contributed by atoms with van der Waals surface area (Å²) in [6, 6.07) is 9.84. The van der Waals surface area contributed by atoms with Crippen molar-refractivity contribution >= 4 is 15.7 Å². The fourth-order valence-corrected chi connectivity index (χ4v) is 3.08. The molecule has 23 heavy (non-hydrogen) atoms. The number of ether oxygens (including phenoxy) is 2. The summed E-state index contributed by atoms with van der Waals surface area (Å²) >= 11 is 0. The van der Waals surface area contributed by atoms with Crippen LogP contribution >= 0.6 is 0 Å². The highest BCUT2D eigenvalue weighted by Gasteiger charge is 2.16. The first-order valence-electron chi connectivity index (χ1n) is 6.93. The average molecular weight is 339 g/mol. The van der Waals surface area contributed by atoms with Gasteiger partial charge < -0.3 is 9.47 Å². The average Bonchev–Trinajstić information content (AvgIpc) is 2.50. The number of hydrogen-bond acceptors (Lipinski definition) is 4. The zero-order chi connectivity index (χ0) is 16.9. The number of aryl methyl sites for hydroxylation is 1. The third kappa shape index (κ3) is 4.67. The predicted octanol–water partition coefficient (Wildman–Crippen LogP) is 2.96. The van der Waals surface area contributed by atoms with Crippen LogP contribution in [0.1, 0.15) is 5.56 Å². The predicted molar refractivity (Wildman–Crippen MR) is 85.8 cm³/mol. The molecule has 0 radical (unpaired) electrons. The second-order valence-electron chi connectivity index (χ2n) is 4.88. The molecule has 5 nitrogen and oxygen atoms in total. The molecule has 0 atom stereocenters. The van der Waals surface area contributed by atoms with Gasteiger partial charge in [0.2, 0.25) is 0 Å². The summed E-state index contributed by atoms with van der Waals surface area (Å²) in [6.07, 6.45) is 0. The zero-order valence-electron chi connectivity index (χ0n) is 12.9. The van der Waals surface area contributed by atoms with Crippen LogP contribution in [0.15, 0.2) is 47.4 Å². The van der Waals surface area contributed by atoms with Gasteiger partial charge in [0.25, 0.3) is 10.0 Å². The van der Waals surface area contributed by atoms with E-state index in [4.69, 9.17) is 9.47 Å². The highest BCUT2D eigenvalue weighted by atomic mass is 32.2. The largest absolute Gasteiger partial charge is 0.491 e. The van der Waals surface area contributed by atoms with Gasteiger partial charge in [-0.3, -0.25) is 4.72 Å². The van der Waals surface area contributed by atoms with Crippen LogP contribution in [-0.4, -0.2) is 28.7 Å². The maximum atomic E-state index is 13.2. The standard InChI is InChI=1S/C16H18FNO4S/c1-12-10-14(22-9-8-21-2)6-7-16(12)18-23(19,20)15-5-3-4-13(17)11-15/h3-7,10-11,18H,8-9H2,1-2H3. The fraction of sp³-hybridized carbons (Fsp3) is 0.250. The molecule has 124 valence electrons. The summed E-state index contributed by atoms with van der Waals surface area (Å²) in [6.45, 7) is 2.63. The second-order valence-corrected chi connectivity index (χ2v) is 6.56. The highest BCUT2D eigenvalue weighted by Crippen LogP contribution is 2.24. The first kappa shape index (κ1) is 17.2. The molecule has 2 aromatic rings. The summed E-state index contributed by atoms with van der Waals surface area (Å²) in [4.78, 5) is -0.127. The van der Waals surface area contributed by atoms with Crippen LogP contribution in [0.5, 0.6) is 5.75 Å². The van der Waals surface area contributed by atoms with Gasteiger partial charge in [0, 0.05) is 7.11 Å². The number of rotatable bonds is 7. The van der Waals surface area contributed by atoms with Crippen molar-refractivity contribution in [2.75, 3.05) is 25.0 Å². The molecule has 0 amide bonds. The monoisotopic (exact) mass is 339 g/mol. The lowest BCUT2D eigenvalue weighted by molar-refractivity contribution is 0.146. The van der Waals surface area contributed by atoms with Crippen molar-refractivity contribution in [1.29, 1.82) is 0 Å². The van der Waals surface area contributed by atoms with Gasteiger partial charge in [0.15, 0.2) is 0 Å². The molecule has 0 aliphatic heterocycles. The topological polar surface area (TPSA) is 64.6 Å². The molecule has 0 spiro atoms. The Balaban J connectivity index is 2.16. The maximum absolute atomic E-state index is 13.2. The van der Waals surface area contributed by atoms with E-state index < -0.39 is 15.8 Å². The van der Waals surface area contributed by atoms with Crippen molar-refractivity contribution in [3.05, 3.63) is 53.8 Å². The summed E-state index contributed by atoms with van der Waals surface area (Å²) in [5.74, 6) is 0.0136. The SMILES string of the molecule is COCCOc1ccc(NS(=O)(=O)c2cccc(F)c2)c(C)c1. The van der Waals surface area contributed by atoms with Gasteiger partial charge >= 0.3 is 0 Å². The zero-order valence-corrected chi connectivity index (χ0v) is 13.7. The van der Waals surface area contributed by atoms with Crippen molar-refractivity contribution in [2.45, 2.75) is 11.8 Å². The second kappa shape index (κ2) is 7.43. The Morgan fingerprint density at radius 1 is 1.13 bits per heavy atom. The van der Waals surface area contributed by atoms with Crippen molar-refractivity contribution < 1.29 is 22.3 Å². The van der Waals surface area contributed by atoms with Gasteiger partial charge in [-0.05, 0) is 48.9 Å². The Labute approximate surface area is 135 Å². The van der Waals surface area contributed by atoms with E-state index in [0.717, 1.165) is 6.07 Å². The van der Waals surface area contributed by atoms with E-state index in [0.29, 0.717) is 30.2 Å². The van der Waals surface area contributed by atoms with Gasteiger partial charge in [-0.2, -0.15) is 0 Å². The van der Waals surface area contributed by atoms with Crippen LogP contribution < -0.4 is 9.46 Å². The van der Waals surface area contributed by atoms with Crippen molar-refractivity contribution in [3.63, 3.8) is 0 Å². The van der Waals surface area contributed by atoms with Crippen LogP contribution in [0, 0.1) is 12.7 Å². The number of halogens is 1. The lowest BCUT2D eigenvalue weighted by Crippen LogP contribution is -2.14. The number of methoxy groups -OCH3 is 1. The minimum absolute atomic E-state index is 0.127. The minimum atomic E-state index is -3.84. The molecular weight excluding hydrogens is 321 g/mol.